The van der Waals surface area contributed by atoms with Gasteiger partial charge in [0.05, 0.1) is 35.6 Å². The highest BCUT2D eigenvalue weighted by molar-refractivity contribution is 5.95. The van der Waals surface area contributed by atoms with E-state index < -0.39 is 142 Å². The number of fused-ring (bicyclic) bond motifs is 5. The van der Waals surface area contributed by atoms with Crippen LogP contribution in [0.15, 0.2) is 59.7 Å². The molecular weight excluding hydrogens is 832 g/mol. The molecule has 18 heteroatoms. The predicted octanol–water partition coefficient (Wildman–Crippen LogP) is 4.11. The summed E-state index contributed by atoms with van der Waals surface area (Å²) >= 11 is 0. The van der Waals surface area contributed by atoms with Crippen LogP contribution in [0.1, 0.15) is 97.1 Å². The van der Waals surface area contributed by atoms with Gasteiger partial charge in [0.25, 0.3) is 0 Å². The number of hydrogen-bond donors (Lipinski definition) is 4. The number of Topliss-reactive ketones (excluding diaryl/α,β-unsaturated/α-hetero) is 1. The maximum atomic E-state index is 15.4. The van der Waals surface area contributed by atoms with E-state index in [1.165, 1.54) is 52.0 Å². The molecule has 1 heterocycles. The van der Waals surface area contributed by atoms with E-state index in [4.69, 9.17) is 28.4 Å². The molecule has 3 fully saturated rings. The summed E-state index contributed by atoms with van der Waals surface area (Å²) in [5, 5.41) is 39.7. The fourth-order valence-corrected chi connectivity index (χ4v) is 9.86. The van der Waals surface area contributed by atoms with Crippen molar-refractivity contribution in [2.24, 2.45) is 16.7 Å². The van der Waals surface area contributed by atoms with Crippen LogP contribution >= 0.6 is 0 Å². The van der Waals surface area contributed by atoms with Gasteiger partial charge in [0.1, 0.15) is 41.1 Å². The van der Waals surface area contributed by atoms with Gasteiger partial charge in [-0.25, -0.2) is 23.2 Å². The summed E-state index contributed by atoms with van der Waals surface area (Å²) in [6, 6.07) is 7.67. The van der Waals surface area contributed by atoms with Gasteiger partial charge in [-0.15, -0.1) is 0 Å². The smallest absolute Gasteiger partial charge is 0.408 e. The predicted molar refractivity (Wildman–Crippen MR) is 213 cm³/mol. The lowest BCUT2D eigenvalue weighted by Gasteiger charge is -2.67. The third-order valence-electron chi connectivity index (χ3n) is 13.0. The summed E-state index contributed by atoms with van der Waals surface area (Å²) < 4.78 is 64.4. The average Bonchev–Trinajstić information content (AvgIpc) is 3.17. The number of ketones is 1. The van der Waals surface area contributed by atoms with Gasteiger partial charge >= 0.3 is 30.0 Å². The molecule has 3 aliphatic carbocycles. The zero-order chi connectivity index (χ0) is 46.8. The Bertz CT molecular complexity index is 2220. The summed E-state index contributed by atoms with van der Waals surface area (Å²) in [4.78, 5) is 82.8. The van der Waals surface area contributed by atoms with Gasteiger partial charge in [-0.1, -0.05) is 38.1 Å². The fraction of sp³-hybridized carbons (Fsp3) is 0.556. The molecule has 1 saturated heterocycles. The molecule has 0 spiro atoms. The Morgan fingerprint density at radius 3 is 2.13 bits per heavy atom. The summed E-state index contributed by atoms with van der Waals surface area (Å²) in [6.45, 7) is 12.1. The van der Waals surface area contributed by atoms with Crippen LogP contribution in [0.2, 0.25) is 0 Å². The standard InChI is InChI=1S/C45H53F2NO15/c1-21-28(60-39(55)33(52)32(24-14-16-25(46)17-15-24)48-40(56)63-41(4,5)6)19-45(57)37(61-38(54)26-12-10-11-13-27(26)47)35-43(9,29(51)18-30-44(35,20-58-30)62-23(3)50)36(53)34(59-22(2)49)31(21)42(45,7)8/h10-17,28-30,32-35,37,51-52,57H,18-20H2,1-9H3,(H,48,56)/t28-,29-,30+,32-,33+,34+,35-,37-,43+,44-,45+/m0/s1. The largest absolute Gasteiger partial charge is 0.456 e. The number of alkyl carbamates (subject to hydrolysis) is 1. The van der Waals surface area contributed by atoms with Crippen LogP contribution in [-0.2, 0) is 47.6 Å². The molecule has 16 nitrogen and oxygen atoms in total. The van der Waals surface area contributed by atoms with Crippen molar-refractivity contribution in [1.29, 1.82) is 0 Å². The molecule has 63 heavy (non-hydrogen) atoms. The Labute approximate surface area is 362 Å². The van der Waals surface area contributed by atoms with Crippen LogP contribution in [0.25, 0.3) is 0 Å². The van der Waals surface area contributed by atoms with Crippen molar-refractivity contribution in [2.45, 2.75) is 135 Å². The summed E-state index contributed by atoms with van der Waals surface area (Å²) in [5.74, 6) is -8.91. The van der Waals surface area contributed by atoms with Crippen LogP contribution in [0, 0.1) is 28.4 Å². The van der Waals surface area contributed by atoms with Gasteiger partial charge in [0.2, 0.25) is 0 Å². The number of carbonyl (C=O) groups excluding carboxylic acids is 6. The third kappa shape index (κ3) is 8.22. The van der Waals surface area contributed by atoms with Crippen molar-refractivity contribution in [3.8, 4) is 0 Å². The van der Waals surface area contributed by atoms with Crippen LogP contribution in [0.3, 0.4) is 0 Å². The number of aliphatic hydroxyl groups is 3. The number of amides is 1. The van der Waals surface area contributed by atoms with Crippen LogP contribution in [0.5, 0.6) is 0 Å². The van der Waals surface area contributed by atoms with Gasteiger partial charge in [0.15, 0.2) is 23.6 Å². The zero-order valence-electron chi connectivity index (χ0n) is 36.4. The molecule has 4 N–H and O–H groups in total. The Morgan fingerprint density at radius 2 is 1.57 bits per heavy atom. The second-order valence-electron chi connectivity index (χ2n) is 18.4. The highest BCUT2D eigenvalue weighted by atomic mass is 19.1. The van der Waals surface area contributed by atoms with Crippen molar-refractivity contribution >= 4 is 35.8 Å². The third-order valence-corrected chi connectivity index (χ3v) is 13.0. The molecule has 4 aliphatic rings. The van der Waals surface area contributed by atoms with E-state index in [0.717, 1.165) is 38.1 Å². The first-order valence-corrected chi connectivity index (χ1v) is 20.4. The second-order valence-corrected chi connectivity index (χ2v) is 18.4. The number of nitrogens with one attached hydrogen (secondary N) is 1. The lowest BCUT2D eigenvalue weighted by molar-refractivity contribution is -0.346. The highest BCUT2D eigenvalue weighted by Crippen LogP contribution is 2.64. The maximum absolute atomic E-state index is 15.4. The molecule has 1 amide bonds. The molecule has 0 radical (unpaired) electrons. The Kier molecular flexibility index (Phi) is 12.5. The van der Waals surface area contributed by atoms with E-state index in [2.05, 4.69) is 5.32 Å². The number of benzene rings is 2. The van der Waals surface area contributed by atoms with Crippen LogP contribution in [-0.4, -0.2) is 111 Å². The highest BCUT2D eigenvalue weighted by Gasteiger charge is 2.78. The lowest BCUT2D eigenvalue weighted by Crippen LogP contribution is -2.82. The van der Waals surface area contributed by atoms with E-state index in [0.29, 0.717) is 0 Å². The molecule has 2 saturated carbocycles. The second kappa shape index (κ2) is 16.7. The van der Waals surface area contributed by atoms with Crippen LogP contribution in [0.4, 0.5) is 13.6 Å². The minimum atomic E-state index is -2.57. The number of aliphatic hydroxyl groups excluding tert-OH is 2. The van der Waals surface area contributed by atoms with Gasteiger partial charge in [0, 0.05) is 32.1 Å². The van der Waals surface area contributed by atoms with E-state index in [9.17, 15) is 43.7 Å². The Balaban J connectivity index is 1.55. The molecule has 11 atom stereocenters. The van der Waals surface area contributed by atoms with Crippen molar-refractivity contribution in [1.82, 2.24) is 5.32 Å². The molecule has 6 rings (SSSR count). The number of rotatable bonds is 9. The van der Waals surface area contributed by atoms with Gasteiger partial charge in [-0.2, -0.15) is 0 Å². The van der Waals surface area contributed by atoms with E-state index in [1.54, 1.807) is 20.8 Å². The number of hydrogen-bond acceptors (Lipinski definition) is 15. The SMILES string of the molecule is CC(=O)O[C@H]1C(=O)[C@@]2(C)[C@H]([C@H](OC(=O)c3ccccc3F)[C@]3(O)C[C@H](OC(=O)[C@H](O)[C@@H](NC(=O)OC(C)(C)C)c4ccc(F)cc4)C(C)=C1C3(C)C)[C@]1(OC(C)=O)CO[C@@H]1C[C@@H]2O. The first kappa shape index (κ1) is 47.2. The monoisotopic (exact) mass is 885 g/mol. The summed E-state index contributed by atoms with van der Waals surface area (Å²) in [7, 11) is 0. The first-order chi connectivity index (χ1) is 29.2. The van der Waals surface area contributed by atoms with E-state index in [-0.39, 0.29) is 23.1 Å². The fourth-order valence-electron chi connectivity index (χ4n) is 9.86. The van der Waals surface area contributed by atoms with Crippen molar-refractivity contribution in [2.75, 3.05) is 6.61 Å². The first-order valence-electron chi connectivity index (χ1n) is 20.4. The molecule has 342 valence electrons. The lowest BCUT2D eigenvalue weighted by atomic mass is 9.44. The minimum Gasteiger partial charge on any atom is -0.456 e. The summed E-state index contributed by atoms with van der Waals surface area (Å²) in [5.41, 5.74) is -10.1. The normalized spacial score (nSPS) is 31.9. The molecule has 1 aliphatic heterocycles. The molecule has 2 aromatic rings. The number of ether oxygens (including phenoxy) is 6. The van der Waals surface area contributed by atoms with E-state index >= 15 is 9.18 Å². The zero-order valence-corrected chi connectivity index (χ0v) is 36.4. The maximum Gasteiger partial charge on any atom is 0.408 e. The van der Waals surface area contributed by atoms with Gasteiger partial charge < -0.3 is 49.1 Å². The molecule has 0 unspecified atom stereocenters. The van der Waals surface area contributed by atoms with Crippen molar-refractivity contribution < 1.29 is 81.3 Å². The van der Waals surface area contributed by atoms with Crippen LogP contribution < -0.4 is 5.32 Å². The number of carbonyl (C=O) groups is 6. The molecule has 2 aromatic carbocycles. The van der Waals surface area contributed by atoms with E-state index in [1.807, 2.05) is 0 Å². The number of esters is 4. The molecule has 0 aromatic heterocycles. The minimum absolute atomic E-state index is 0.0503. The molecular formula is C45H53F2NO15. The Hall–Kier alpha value is -5.30. The van der Waals surface area contributed by atoms with Crippen molar-refractivity contribution in [3.63, 3.8) is 0 Å². The molecule has 2 bridgehead atoms. The quantitative estimate of drug-likeness (QED) is 0.158. The number of halogens is 2. The van der Waals surface area contributed by atoms with Gasteiger partial charge in [-0.05, 0) is 75.6 Å². The van der Waals surface area contributed by atoms with Gasteiger partial charge in [-0.3, -0.25) is 14.4 Å². The van der Waals surface area contributed by atoms with Crippen molar-refractivity contribution in [3.05, 3.63) is 82.4 Å². The summed E-state index contributed by atoms with van der Waals surface area (Å²) in [6.07, 6.45) is -12.7. The Morgan fingerprint density at radius 1 is 0.937 bits per heavy atom. The topological polar surface area (TPSA) is 231 Å². The average molecular weight is 886 g/mol.